The second kappa shape index (κ2) is 5.56. The predicted molar refractivity (Wildman–Crippen MR) is 52.0 cm³/mol. The van der Waals surface area contributed by atoms with Crippen LogP contribution in [0.25, 0.3) is 0 Å². The van der Waals surface area contributed by atoms with Gasteiger partial charge in [0, 0.05) is 0 Å². The van der Waals surface area contributed by atoms with Gasteiger partial charge in [0.1, 0.15) is 0 Å². The first-order valence-corrected chi connectivity index (χ1v) is 5.28. The summed E-state index contributed by atoms with van der Waals surface area (Å²) < 4.78 is 77.5. The molecule has 114 valence electrons. The van der Waals surface area contributed by atoms with Crippen LogP contribution < -0.4 is 0 Å². The number of aliphatic hydroxyl groups is 1. The van der Waals surface area contributed by atoms with Crippen molar-refractivity contribution in [3.63, 3.8) is 0 Å². The highest BCUT2D eigenvalue weighted by molar-refractivity contribution is 5.81. The summed E-state index contributed by atoms with van der Waals surface area (Å²) in [7, 11) is 0. The fraction of sp³-hybridized carbons (Fsp3) is 0.900. The van der Waals surface area contributed by atoms with Gasteiger partial charge in [-0.3, -0.25) is 0 Å². The molecule has 0 aliphatic carbocycles. The second-order valence-corrected chi connectivity index (χ2v) is 4.53. The lowest BCUT2D eigenvalue weighted by Crippen LogP contribution is -2.63. The van der Waals surface area contributed by atoms with E-state index in [1.807, 2.05) is 0 Å². The number of hydrogen-bond donors (Lipinski definition) is 1. The van der Waals surface area contributed by atoms with Gasteiger partial charge in [-0.2, -0.15) is 26.3 Å². The molecular formula is C10H14F6O3. The van der Waals surface area contributed by atoms with Gasteiger partial charge in [0.05, 0.1) is 6.61 Å². The topological polar surface area (TPSA) is 46.5 Å². The summed E-state index contributed by atoms with van der Waals surface area (Å²) in [6, 6.07) is 0. The normalized spacial score (nSPS) is 15.5. The van der Waals surface area contributed by atoms with E-state index in [1.165, 1.54) is 6.92 Å². The van der Waals surface area contributed by atoms with Crippen molar-refractivity contribution in [3.8, 4) is 0 Å². The van der Waals surface area contributed by atoms with Crippen molar-refractivity contribution in [2.24, 2.45) is 11.8 Å². The third kappa shape index (κ3) is 3.74. The maximum Gasteiger partial charge on any atom is 0.437 e. The minimum Gasteiger partial charge on any atom is -0.463 e. The third-order valence-corrected chi connectivity index (χ3v) is 2.73. The Morgan fingerprint density at radius 1 is 1.05 bits per heavy atom. The van der Waals surface area contributed by atoms with Gasteiger partial charge >= 0.3 is 23.9 Å². The van der Waals surface area contributed by atoms with Gasteiger partial charge in [0.15, 0.2) is 0 Å². The molecule has 0 saturated heterocycles. The molecule has 0 amide bonds. The minimum absolute atomic E-state index is 0.113. The molecule has 1 unspecified atom stereocenters. The summed E-state index contributed by atoms with van der Waals surface area (Å²) in [4.78, 5) is 11.0. The molecule has 3 nitrogen and oxygen atoms in total. The van der Waals surface area contributed by atoms with E-state index in [0.29, 0.717) is 0 Å². The molecule has 0 aromatic carbocycles. The Morgan fingerprint density at radius 3 is 1.68 bits per heavy atom. The van der Waals surface area contributed by atoms with Crippen molar-refractivity contribution in [2.75, 3.05) is 6.61 Å². The number of alkyl halides is 6. The first-order valence-electron chi connectivity index (χ1n) is 5.28. The molecule has 0 aliphatic rings. The number of carbonyl (C=O) groups is 1. The fourth-order valence-electron chi connectivity index (χ4n) is 0.896. The highest BCUT2D eigenvalue weighted by Crippen LogP contribution is 2.43. The van der Waals surface area contributed by atoms with Crippen LogP contribution in [0.2, 0.25) is 0 Å². The maximum absolute atomic E-state index is 12.3. The molecule has 0 rings (SSSR count). The van der Waals surface area contributed by atoms with Gasteiger partial charge in [-0.25, -0.2) is 4.79 Å². The Balaban J connectivity index is 5.08. The molecule has 0 bridgehead atoms. The van der Waals surface area contributed by atoms with Crippen molar-refractivity contribution in [2.45, 2.75) is 38.7 Å². The van der Waals surface area contributed by atoms with Crippen LogP contribution in [0, 0.1) is 11.8 Å². The van der Waals surface area contributed by atoms with Crippen molar-refractivity contribution < 1.29 is 41.0 Å². The predicted octanol–water partition coefficient (Wildman–Crippen LogP) is 2.68. The van der Waals surface area contributed by atoms with Crippen molar-refractivity contribution in [1.82, 2.24) is 0 Å². The van der Waals surface area contributed by atoms with Crippen LogP contribution in [0.5, 0.6) is 0 Å². The van der Waals surface area contributed by atoms with Gasteiger partial charge in [-0.1, -0.05) is 20.8 Å². The van der Waals surface area contributed by atoms with Crippen LogP contribution in [-0.4, -0.2) is 35.6 Å². The van der Waals surface area contributed by atoms with Gasteiger partial charge in [0.2, 0.25) is 0 Å². The quantitative estimate of drug-likeness (QED) is 0.641. The van der Waals surface area contributed by atoms with E-state index < -0.39 is 36.4 Å². The largest absolute Gasteiger partial charge is 0.463 e. The second-order valence-electron chi connectivity index (χ2n) is 4.53. The maximum atomic E-state index is 12.3. The van der Waals surface area contributed by atoms with Gasteiger partial charge in [-0.05, 0) is 11.8 Å². The van der Waals surface area contributed by atoms with E-state index in [4.69, 9.17) is 5.11 Å². The summed E-state index contributed by atoms with van der Waals surface area (Å²) in [6.07, 6.45) is -12.4. The lowest BCUT2D eigenvalue weighted by atomic mass is 9.99. The fourth-order valence-corrected chi connectivity index (χ4v) is 0.896. The number of rotatable bonds is 4. The zero-order valence-corrected chi connectivity index (χ0v) is 10.4. The molecule has 9 heteroatoms. The van der Waals surface area contributed by atoms with E-state index >= 15 is 0 Å². The van der Waals surface area contributed by atoms with Crippen LogP contribution in [0.3, 0.4) is 0 Å². The first kappa shape index (κ1) is 18.0. The molecular weight excluding hydrogens is 282 g/mol. The molecule has 1 atom stereocenters. The Hall–Kier alpha value is -0.990. The van der Waals surface area contributed by atoms with E-state index in [2.05, 4.69) is 4.74 Å². The summed E-state index contributed by atoms with van der Waals surface area (Å²) in [5.41, 5.74) is -5.50. The number of hydrogen-bond acceptors (Lipinski definition) is 3. The molecule has 0 fully saturated rings. The molecule has 0 aromatic rings. The Labute approximate surface area is 105 Å². The highest BCUT2D eigenvalue weighted by atomic mass is 19.4. The Morgan fingerprint density at radius 2 is 1.42 bits per heavy atom. The Kier molecular flexibility index (Phi) is 5.27. The van der Waals surface area contributed by atoms with Crippen LogP contribution in [-0.2, 0) is 9.53 Å². The smallest absolute Gasteiger partial charge is 0.437 e. The Bertz CT molecular complexity index is 306. The van der Waals surface area contributed by atoms with Crippen molar-refractivity contribution in [3.05, 3.63) is 0 Å². The minimum atomic E-state index is -6.20. The molecule has 0 radical (unpaired) electrons. The summed E-state index contributed by atoms with van der Waals surface area (Å²) in [5, 5.41) is 8.68. The lowest BCUT2D eigenvalue weighted by molar-refractivity contribution is -0.357. The van der Waals surface area contributed by atoms with Gasteiger partial charge in [0.25, 0.3) is 0 Å². The molecule has 0 aromatic heterocycles. The standard InChI is InChI=1S/C10H14F6O3/c1-5(2)6(3)4-19-7(17)8(18,9(11,12)13)10(14,15)16/h5-6,18H,4H2,1-3H3. The molecule has 0 saturated carbocycles. The average molecular weight is 296 g/mol. The summed E-state index contributed by atoms with van der Waals surface area (Å²) >= 11 is 0. The van der Waals surface area contributed by atoms with Crippen LogP contribution >= 0.6 is 0 Å². The van der Waals surface area contributed by atoms with Crippen molar-refractivity contribution in [1.29, 1.82) is 0 Å². The molecule has 1 N–H and O–H groups in total. The molecule has 0 aliphatic heterocycles. The zero-order valence-electron chi connectivity index (χ0n) is 10.4. The van der Waals surface area contributed by atoms with Crippen LogP contribution in [0.15, 0.2) is 0 Å². The summed E-state index contributed by atoms with van der Waals surface area (Å²) in [6.45, 7) is 4.14. The van der Waals surface area contributed by atoms with Crippen molar-refractivity contribution >= 4 is 5.97 Å². The van der Waals surface area contributed by atoms with Gasteiger partial charge < -0.3 is 9.84 Å². The lowest BCUT2D eigenvalue weighted by Gasteiger charge is -2.30. The number of halogens is 6. The van der Waals surface area contributed by atoms with Gasteiger partial charge in [-0.15, -0.1) is 0 Å². The van der Waals surface area contributed by atoms with E-state index in [1.54, 1.807) is 13.8 Å². The van der Waals surface area contributed by atoms with E-state index in [0.717, 1.165) is 0 Å². The summed E-state index contributed by atoms with van der Waals surface area (Å²) in [5.74, 6) is -3.33. The van der Waals surface area contributed by atoms with Crippen LogP contribution in [0.4, 0.5) is 26.3 Å². The average Bonchev–Trinajstić information content (AvgIpc) is 2.20. The molecule has 0 heterocycles. The number of ether oxygens (including phenoxy) is 1. The first-order chi connectivity index (χ1) is 8.25. The number of esters is 1. The van der Waals surface area contributed by atoms with E-state index in [-0.39, 0.29) is 5.92 Å². The zero-order chi connectivity index (χ0) is 15.6. The molecule has 0 spiro atoms. The van der Waals surface area contributed by atoms with Crippen LogP contribution in [0.1, 0.15) is 20.8 Å². The third-order valence-electron chi connectivity index (χ3n) is 2.73. The number of carbonyl (C=O) groups excluding carboxylic acids is 1. The SMILES string of the molecule is CC(C)C(C)COC(=O)C(O)(C(F)(F)F)C(F)(F)F. The monoisotopic (exact) mass is 296 g/mol. The molecule has 19 heavy (non-hydrogen) atoms. The van der Waals surface area contributed by atoms with E-state index in [9.17, 15) is 31.1 Å². The highest BCUT2D eigenvalue weighted by Gasteiger charge is 2.76.